The van der Waals surface area contributed by atoms with Crippen LogP contribution < -0.4 is 10.2 Å². The van der Waals surface area contributed by atoms with E-state index in [-0.39, 0.29) is 18.4 Å². The monoisotopic (exact) mass is 358 g/mol. The maximum Gasteiger partial charge on any atom is 0.240 e. The van der Waals surface area contributed by atoms with Gasteiger partial charge in [-0.1, -0.05) is 29.8 Å². The number of carbonyl (C=O) groups is 2. The molecule has 0 saturated heterocycles. The molecule has 0 aliphatic rings. The molecular weight excluding hydrogens is 336 g/mol. The lowest BCUT2D eigenvalue weighted by Gasteiger charge is -2.21. The van der Waals surface area contributed by atoms with Gasteiger partial charge in [0, 0.05) is 24.2 Å². The SMILES string of the molecule is CC(=O)N(CC(=O)NCCc1ccc(Cl)cc1)c1cc(C)cc(C)c1. The molecule has 4 nitrogen and oxygen atoms in total. The van der Waals surface area contributed by atoms with Crippen molar-refractivity contribution in [3.8, 4) is 0 Å². The van der Waals surface area contributed by atoms with Gasteiger partial charge >= 0.3 is 0 Å². The van der Waals surface area contributed by atoms with Crippen LogP contribution in [0.3, 0.4) is 0 Å². The maximum absolute atomic E-state index is 12.2. The lowest BCUT2D eigenvalue weighted by molar-refractivity contribution is -0.123. The first-order valence-electron chi connectivity index (χ1n) is 8.22. The van der Waals surface area contributed by atoms with Crippen molar-refractivity contribution in [2.24, 2.45) is 0 Å². The van der Waals surface area contributed by atoms with Crippen molar-refractivity contribution in [2.75, 3.05) is 18.0 Å². The summed E-state index contributed by atoms with van der Waals surface area (Å²) in [5.41, 5.74) is 3.97. The van der Waals surface area contributed by atoms with Gasteiger partial charge < -0.3 is 10.2 Å². The highest BCUT2D eigenvalue weighted by Crippen LogP contribution is 2.19. The Labute approximate surface area is 153 Å². The van der Waals surface area contributed by atoms with Crippen LogP contribution in [0.5, 0.6) is 0 Å². The Balaban J connectivity index is 1.93. The predicted octanol–water partition coefficient (Wildman–Crippen LogP) is 3.67. The van der Waals surface area contributed by atoms with E-state index in [9.17, 15) is 9.59 Å². The topological polar surface area (TPSA) is 49.4 Å². The Kier molecular flexibility index (Phi) is 6.59. The molecule has 0 atom stereocenters. The lowest BCUT2D eigenvalue weighted by atomic mass is 10.1. The van der Waals surface area contributed by atoms with Gasteiger partial charge in [-0.15, -0.1) is 0 Å². The van der Waals surface area contributed by atoms with E-state index in [0.29, 0.717) is 18.0 Å². The number of amides is 2. The molecule has 0 unspecified atom stereocenters. The third-order valence-corrected chi connectivity index (χ3v) is 4.10. The van der Waals surface area contributed by atoms with Crippen LogP contribution in [0.1, 0.15) is 23.6 Å². The van der Waals surface area contributed by atoms with E-state index in [1.54, 1.807) is 0 Å². The van der Waals surface area contributed by atoms with Crippen LogP contribution in [-0.2, 0) is 16.0 Å². The molecule has 0 aliphatic carbocycles. The van der Waals surface area contributed by atoms with E-state index in [0.717, 1.165) is 22.4 Å². The molecule has 0 aliphatic heterocycles. The van der Waals surface area contributed by atoms with Crippen molar-refractivity contribution in [1.29, 1.82) is 0 Å². The summed E-state index contributed by atoms with van der Waals surface area (Å²) >= 11 is 5.86. The molecule has 0 radical (unpaired) electrons. The van der Waals surface area contributed by atoms with E-state index in [2.05, 4.69) is 5.32 Å². The molecule has 5 heteroatoms. The highest BCUT2D eigenvalue weighted by Gasteiger charge is 2.16. The molecule has 0 fully saturated rings. The van der Waals surface area contributed by atoms with E-state index in [1.165, 1.54) is 11.8 Å². The van der Waals surface area contributed by atoms with Crippen molar-refractivity contribution >= 4 is 29.1 Å². The number of aryl methyl sites for hydroxylation is 2. The summed E-state index contributed by atoms with van der Waals surface area (Å²) in [4.78, 5) is 25.7. The summed E-state index contributed by atoms with van der Waals surface area (Å²) in [5, 5.41) is 3.56. The largest absolute Gasteiger partial charge is 0.354 e. The zero-order valence-electron chi connectivity index (χ0n) is 14.8. The minimum absolute atomic E-state index is 0.0127. The van der Waals surface area contributed by atoms with Crippen molar-refractivity contribution in [3.63, 3.8) is 0 Å². The fourth-order valence-corrected chi connectivity index (χ4v) is 2.81. The molecule has 2 aromatic rings. The first-order chi connectivity index (χ1) is 11.8. The summed E-state index contributed by atoms with van der Waals surface area (Å²) < 4.78 is 0. The Morgan fingerprint density at radius 3 is 2.20 bits per heavy atom. The minimum Gasteiger partial charge on any atom is -0.354 e. The zero-order chi connectivity index (χ0) is 18.4. The van der Waals surface area contributed by atoms with Gasteiger partial charge in [-0.05, 0) is 61.2 Å². The maximum atomic E-state index is 12.2. The van der Waals surface area contributed by atoms with Gasteiger partial charge in [0.25, 0.3) is 0 Å². The van der Waals surface area contributed by atoms with Gasteiger partial charge in [-0.2, -0.15) is 0 Å². The van der Waals surface area contributed by atoms with E-state index < -0.39 is 0 Å². The van der Waals surface area contributed by atoms with Gasteiger partial charge in [0.2, 0.25) is 11.8 Å². The normalized spacial score (nSPS) is 10.4. The molecule has 25 heavy (non-hydrogen) atoms. The first-order valence-corrected chi connectivity index (χ1v) is 8.60. The average molecular weight is 359 g/mol. The fraction of sp³-hybridized carbons (Fsp3) is 0.300. The number of hydrogen-bond acceptors (Lipinski definition) is 2. The van der Waals surface area contributed by atoms with Gasteiger partial charge in [0.15, 0.2) is 0 Å². The van der Waals surface area contributed by atoms with Gasteiger partial charge in [0.1, 0.15) is 6.54 Å². The van der Waals surface area contributed by atoms with Crippen molar-refractivity contribution in [1.82, 2.24) is 5.32 Å². The van der Waals surface area contributed by atoms with Crippen LogP contribution in [0.25, 0.3) is 0 Å². The summed E-state index contributed by atoms with van der Waals surface area (Å²) in [7, 11) is 0. The number of anilines is 1. The van der Waals surface area contributed by atoms with Crippen LogP contribution >= 0.6 is 11.6 Å². The summed E-state index contributed by atoms with van der Waals surface area (Å²) in [6.45, 7) is 5.94. The second-order valence-corrected chi connectivity index (χ2v) is 6.61. The number of rotatable bonds is 6. The van der Waals surface area contributed by atoms with Crippen molar-refractivity contribution < 1.29 is 9.59 Å². The van der Waals surface area contributed by atoms with E-state index in [4.69, 9.17) is 11.6 Å². The highest BCUT2D eigenvalue weighted by molar-refractivity contribution is 6.30. The number of nitrogens with zero attached hydrogens (tertiary/aromatic N) is 1. The number of halogens is 1. The Morgan fingerprint density at radius 1 is 1.04 bits per heavy atom. The van der Waals surface area contributed by atoms with Crippen molar-refractivity contribution in [2.45, 2.75) is 27.2 Å². The summed E-state index contributed by atoms with van der Waals surface area (Å²) in [5.74, 6) is -0.332. The number of hydrogen-bond donors (Lipinski definition) is 1. The number of carbonyl (C=O) groups excluding carboxylic acids is 2. The Morgan fingerprint density at radius 2 is 1.64 bits per heavy atom. The molecule has 1 N–H and O–H groups in total. The minimum atomic E-state index is -0.177. The van der Waals surface area contributed by atoms with Crippen molar-refractivity contribution in [3.05, 3.63) is 64.2 Å². The summed E-state index contributed by atoms with van der Waals surface area (Å²) in [6.07, 6.45) is 0.715. The highest BCUT2D eigenvalue weighted by atomic mass is 35.5. The van der Waals surface area contributed by atoms with Crippen LogP contribution in [0.4, 0.5) is 5.69 Å². The van der Waals surface area contributed by atoms with Gasteiger partial charge in [-0.3, -0.25) is 9.59 Å². The molecule has 0 bridgehead atoms. The summed E-state index contributed by atoms with van der Waals surface area (Å²) in [6, 6.07) is 13.4. The van der Waals surface area contributed by atoms with Crippen LogP contribution in [-0.4, -0.2) is 24.9 Å². The Bertz CT molecular complexity index is 737. The molecule has 0 aromatic heterocycles. The quantitative estimate of drug-likeness (QED) is 0.856. The molecule has 0 heterocycles. The average Bonchev–Trinajstić information content (AvgIpc) is 2.53. The van der Waals surface area contributed by atoms with Crippen LogP contribution in [0.15, 0.2) is 42.5 Å². The van der Waals surface area contributed by atoms with E-state index in [1.807, 2.05) is 56.3 Å². The van der Waals surface area contributed by atoms with Crippen LogP contribution in [0.2, 0.25) is 5.02 Å². The smallest absolute Gasteiger partial charge is 0.240 e. The first kappa shape index (κ1) is 19.0. The molecule has 132 valence electrons. The van der Waals surface area contributed by atoms with Gasteiger partial charge in [-0.25, -0.2) is 0 Å². The van der Waals surface area contributed by atoms with E-state index >= 15 is 0 Å². The van der Waals surface area contributed by atoms with Crippen LogP contribution in [0, 0.1) is 13.8 Å². The number of benzene rings is 2. The number of nitrogens with one attached hydrogen (secondary N) is 1. The zero-order valence-corrected chi connectivity index (χ0v) is 15.6. The molecule has 2 amide bonds. The van der Waals surface area contributed by atoms with Gasteiger partial charge in [0.05, 0.1) is 0 Å². The second kappa shape index (κ2) is 8.67. The second-order valence-electron chi connectivity index (χ2n) is 6.18. The fourth-order valence-electron chi connectivity index (χ4n) is 2.69. The standard InChI is InChI=1S/C20H23ClN2O2/c1-14-10-15(2)12-19(11-14)23(16(3)24)13-20(25)22-9-8-17-4-6-18(21)7-5-17/h4-7,10-12H,8-9,13H2,1-3H3,(H,22,25). The molecule has 2 aromatic carbocycles. The third kappa shape index (κ3) is 5.91. The molecule has 0 spiro atoms. The molecule has 2 rings (SSSR count). The predicted molar refractivity (Wildman–Crippen MR) is 102 cm³/mol. The lowest BCUT2D eigenvalue weighted by Crippen LogP contribution is -2.40. The Hall–Kier alpha value is -2.33. The molecular formula is C20H23ClN2O2. The third-order valence-electron chi connectivity index (χ3n) is 3.85. The molecule has 0 saturated carbocycles.